The predicted octanol–water partition coefficient (Wildman–Crippen LogP) is 5.36. The molecule has 2 aliphatic rings. The molecule has 2 aromatic rings. The first kappa shape index (κ1) is 20.3. The fourth-order valence-electron chi connectivity index (χ4n) is 3.64. The van der Waals surface area contributed by atoms with Gasteiger partial charge in [0.2, 0.25) is 0 Å². The average molecular weight is 420 g/mol. The Morgan fingerprint density at radius 3 is 2.80 bits per heavy atom. The normalized spacial score (nSPS) is 21.9. The summed E-state index contributed by atoms with van der Waals surface area (Å²) in [6.45, 7) is 2.02. The number of methoxy groups -OCH3 is 1. The van der Waals surface area contributed by atoms with E-state index in [1.54, 1.807) is 30.6 Å². The second-order valence-corrected chi connectivity index (χ2v) is 8.80. The van der Waals surface area contributed by atoms with E-state index in [0.29, 0.717) is 17.9 Å². The summed E-state index contributed by atoms with van der Waals surface area (Å²) < 4.78 is 19.5. The highest BCUT2D eigenvalue weighted by atomic mass is 32.1. The van der Waals surface area contributed by atoms with Gasteiger partial charge in [-0.25, -0.2) is 4.39 Å². The van der Waals surface area contributed by atoms with Gasteiger partial charge in [0, 0.05) is 40.2 Å². The Bertz CT molecular complexity index is 1130. The zero-order valence-corrected chi connectivity index (χ0v) is 17.6. The van der Waals surface area contributed by atoms with Crippen molar-refractivity contribution >= 4 is 22.6 Å². The Morgan fingerprint density at radius 1 is 1.30 bits per heavy atom. The van der Waals surface area contributed by atoms with Crippen LogP contribution in [0.1, 0.15) is 28.2 Å². The summed E-state index contributed by atoms with van der Waals surface area (Å²) in [7, 11) is 1.73. The molecule has 1 saturated carbocycles. The van der Waals surface area contributed by atoms with Crippen molar-refractivity contribution in [2.75, 3.05) is 7.11 Å². The number of aryl methyl sites for hydroxylation is 1. The second kappa shape index (κ2) is 8.39. The van der Waals surface area contributed by atoms with E-state index in [2.05, 4.69) is 5.32 Å². The Labute approximate surface area is 179 Å². The minimum Gasteiger partial charge on any atom is -0.387 e. The number of hydrogen-bond donors (Lipinski definition) is 2. The smallest absolute Gasteiger partial charge is 0.141 e. The SMILES string of the molecule is COC1CC(N/C=C2/C=C(c3sc(C)cc3-c3ccc(C#N)c(F)c3)C=CC2=N)C1. The molecule has 0 saturated heterocycles. The first-order valence-electron chi connectivity index (χ1n) is 9.77. The molecule has 2 aliphatic carbocycles. The molecular weight excluding hydrogens is 397 g/mol. The zero-order valence-electron chi connectivity index (χ0n) is 16.8. The highest BCUT2D eigenvalue weighted by Crippen LogP contribution is 2.38. The van der Waals surface area contributed by atoms with E-state index < -0.39 is 5.82 Å². The number of halogens is 1. The van der Waals surface area contributed by atoms with Crippen molar-refractivity contribution in [2.24, 2.45) is 0 Å². The van der Waals surface area contributed by atoms with Gasteiger partial charge in [0.1, 0.15) is 11.9 Å². The number of nitrogens with one attached hydrogen (secondary N) is 2. The molecular formula is C24H22FN3OS. The van der Waals surface area contributed by atoms with Crippen LogP contribution < -0.4 is 5.32 Å². The molecule has 6 heteroatoms. The third kappa shape index (κ3) is 4.00. The molecule has 30 heavy (non-hydrogen) atoms. The van der Waals surface area contributed by atoms with E-state index >= 15 is 0 Å². The molecule has 2 N–H and O–H groups in total. The minimum atomic E-state index is -0.514. The number of benzene rings is 1. The number of nitrogens with zero attached hydrogens (tertiary/aromatic N) is 1. The second-order valence-electron chi connectivity index (χ2n) is 7.55. The summed E-state index contributed by atoms with van der Waals surface area (Å²) in [6.07, 6.45) is 9.89. The van der Waals surface area contributed by atoms with Gasteiger partial charge in [-0.05, 0) is 61.3 Å². The van der Waals surface area contributed by atoms with Crippen molar-refractivity contribution in [2.45, 2.75) is 31.9 Å². The highest BCUT2D eigenvalue weighted by Gasteiger charge is 2.28. The zero-order chi connectivity index (χ0) is 21.3. The summed E-state index contributed by atoms with van der Waals surface area (Å²) in [6, 6.07) is 8.99. The fourth-order valence-corrected chi connectivity index (χ4v) is 4.67. The maximum atomic E-state index is 14.2. The molecule has 4 nitrogen and oxygen atoms in total. The van der Waals surface area contributed by atoms with E-state index in [9.17, 15) is 4.39 Å². The van der Waals surface area contributed by atoms with Crippen molar-refractivity contribution in [1.82, 2.24) is 5.32 Å². The monoisotopic (exact) mass is 419 g/mol. The van der Waals surface area contributed by atoms with Crippen LogP contribution in [0.2, 0.25) is 0 Å². The summed E-state index contributed by atoms with van der Waals surface area (Å²) in [5.41, 5.74) is 3.97. The molecule has 1 aromatic carbocycles. The molecule has 0 bridgehead atoms. The fraction of sp³-hybridized carbons (Fsp3) is 0.250. The van der Waals surface area contributed by atoms with Crippen LogP contribution in [0.3, 0.4) is 0 Å². The van der Waals surface area contributed by atoms with Crippen LogP contribution in [0, 0.1) is 29.5 Å². The molecule has 1 fully saturated rings. The summed E-state index contributed by atoms with van der Waals surface area (Å²) in [4.78, 5) is 2.14. The van der Waals surface area contributed by atoms with Crippen molar-refractivity contribution < 1.29 is 9.13 Å². The molecule has 4 rings (SSSR count). The number of thiophene rings is 1. The van der Waals surface area contributed by atoms with E-state index in [-0.39, 0.29) is 5.56 Å². The molecule has 0 radical (unpaired) electrons. The van der Waals surface area contributed by atoms with Gasteiger partial charge in [0.05, 0.1) is 17.4 Å². The summed E-state index contributed by atoms with van der Waals surface area (Å²) in [5, 5.41) is 20.6. The first-order valence-corrected chi connectivity index (χ1v) is 10.6. The maximum Gasteiger partial charge on any atom is 0.141 e. The number of hydrogen-bond acceptors (Lipinski definition) is 5. The van der Waals surface area contributed by atoms with Gasteiger partial charge in [0.25, 0.3) is 0 Å². The van der Waals surface area contributed by atoms with E-state index in [1.165, 1.54) is 12.1 Å². The Hall–Kier alpha value is -3.01. The molecule has 0 unspecified atom stereocenters. The van der Waals surface area contributed by atoms with Crippen molar-refractivity contribution in [3.8, 4) is 17.2 Å². The Balaban J connectivity index is 1.64. The van der Waals surface area contributed by atoms with Crippen molar-refractivity contribution in [1.29, 1.82) is 10.7 Å². The predicted molar refractivity (Wildman–Crippen MR) is 119 cm³/mol. The van der Waals surface area contributed by atoms with Crippen molar-refractivity contribution in [3.63, 3.8) is 0 Å². The van der Waals surface area contributed by atoms with Gasteiger partial charge < -0.3 is 15.5 Å². The quantitative estimate of drug-likeness (QED) is 0.686. The molecule has 0 amide bonds. The largest absolute Gasteiger partial charge is 0.387 e. The molecule has 0 spiro atoms. The van der Waals surface area contributed by atoms with Crippen LogP contribution in [0.4, 0.5) is 4.39 Å². The molecule has 0 aliphatic heterocycles. The first-order chi connectivity index (χ1) is 14.5. The van der Waals surface area contributed by atoms with Crippen LogP contribution in [-0.2, 0) is 4.74 Å². The van der Waals surface area contributed by atoms with Gasteiger partial charge in [0.15, 0.2) is 0 Å². The van der Waals surface area contributed by atoms with Gasteiger partial charge >= 0.3 is 0 Å². The number of rotatable bonds is 5. The standard InChI is InChI=1S/C24H22FN3OS/c1-14-7-21(15-3-4-17(12-26)22(25)9-15)24(30-14)16-5-6-23(27)18(8-16)13-28-19-10-20(11-19)29-2/h3-9,13,19-20,27-28H,10-11H2,1-2H3/b18-13-,27-23?. The molecule has 0 atom stereocenters. The van der Waals surface area contributed by atoms with Crippen LogP contribution in [0.15, 0.2) is 54.3 Å². The third-order valence-electron chi connectivity index (χ3n) is 5.47. The molecule has 1 aromatic heterocycles. The molecule has 1 heterocycles. The lowest BCUT2D eigenvalue weighted by molar-refractivity contribution is 0.0211. The van der Waals surface area contributed by atoms with Gasteiger partial charge in [-0.3, -0.25) is 0 Å². The number of allylic oxidation sites excluding steroid dienone is 5. The Kier molecular flexibility index (Phi) is 5.67. The van der Waals surface area contributed by atoms with Gasteiger partial charge in [-0.2, -0.15) is 5.26 Å². The third-order valence-corrected chi connectivity index (χ3v) is 6.57. The van der Waals surface area contributed by atoms with Crippen LogP contribution >= 0.6 is 11.3 Å². The maximum absolute atomic E-state index is 14.2. The topological polar surface area (TPSA) is 68.9 Å². The molecule has 152 valence electrons. The van der Waals surface area contributed by atoms with E-state index in [1.807, 2.05) is 37.4 Å². The lowest BCUT2D eigenvalue weighted by Gasteiger charge is -2.34. The van der Waals surface area contributed by atoms with Crippen LogP contribution in [0.5, 0.6) is 0 Å². The van der Waals surface area contributed by atoms with Crippen LogP contribution in [0.25, 0.3) is 16.7 Å². The van der Waals surface area contributed by atoms with Gasteiger partial charge in [-0.1, -0.05) is 12.1 Å². The Morgan fingerprint density at radius 2 is 2.10 bits per heavy atom. The van der Waals surface area contributed by atoms with Crippen molar-refractivity contribution in [3.05, 3.63) is 75.4 Å². The summed E-state index contributed by atoms with van der Waals surface area (Å²) in [5.74, 6) is -0.514. The average Bonchev–Trinajstić information content (AvgIpc) is 3.10. The van der Waals surface area contributed by atoms with Gasteiger partial charge in [-0.15, -0.1) is 11.3 Å². The lowest BCUT2D eigenvalue weighted by Crippen LogP contribution is -2.43. The summed E-state index contributed by atoms with van der Waals surface area (Å²) >= 11 is 1.64. The number of ether oxygens (including phenoxy) is 1. The van der Waals surface area contributed by atoms with E-state index in [4.69, 9.17) is 15.4 Å². The number of nitriles is 1. The van der Waals surface area contributed by atoms with Crippen LogP contribution in [-0.4, -0.2) is 25.0 Å². The lowest BCUT2D eigenvalue weighted by atomic mass is 9.89. The van der Waals surface area contributed by atoms with E-state index in [0.717, 1.165) is 44.9 Å². The minimum absolute atomic E-state index is 0.0421. The highest BCUT2D eigenvalue weighted by molar-refractivity contribution is 7.13.